The van der Waals surface area contributed by atoms with Gasteiger partial charge in [-0.3, -0.25) is 5.01 Å². The van der Waals surface area contributed by atoms with Crippen molar-refractivity contribution in [2.45, 2.75) is 31.7 Å². The molecule has 2 heterocycles. The van der Waals surface area contributed by atoms with Crippen LogP contribution in [0.4, 0.5) is 5.69 Å². The number of fused-ring (bicyclic) bond motifs is 1. The Morgan fingerprint density at radius 2 is 1.81 bits per heavy atom. The molecule has 1 N–H and O–H groups in total. The summed E-state index contributed by atoms with van der Waals surface area (Å²) in [4.78, 5) is 0.691. The topological polar surface area (TPSA) is 40.1 Å². The van der Waals surface area contributed by atoms with Crippen LogP contribution in [0.2, 0.25) is 10.0 Å². The van der Waals surface area contributed by atoms with Gasteiger partial charge in [0.05, 0.1) is 29.6 Å². The summed E-state index contributed by atoms with van der Waals surface area (Å²) in [6.45, 7) is 2.12. The van der Waals surface area contributed by atoms with E-state index >= 15 is 0 Å². The minimum atomic E-state index is -0.0210. The molecule has 0 amide bonds. The summed E-state index contributed by atoms with van der Waals surface area (Å²) in [5.41, 5.74) is 6.26. The highest BCUT2D eigenvalue weighted by molar-refractivity contribution is 7.82. The monoisotopic (exact) mass is 488 g/mol. The van der Waals surface area contributed by atoms with Crippen molar-refractivity contribution in [2.24, 2.45) is 16.9 Å². The maximum absolute atomic E-state index is 6.56. The van der Waals surface area contributed by atoms with Crippen LogP contribution in [0.5, 0.6) is 5.75 Å². The molecule has 0 aromatic heterocycles. The number of hydrogen-bond acceptors (Lipinski definition) is 5. The first-order valence-corrected chi connectivity index (χ1v) is 12.2. The minimum Gasteiger partial charge on any atom is -0.497 e. The van der Waals surface area contributed by atoms with Crippen LogP contribution in [-0.4, -0.2) is 35.9 Å². The molecule has 0 radical (unpaired) electrons. The smallest absolute Gasteiger partial charge is 0.137 e. The zero-order valence-corrected chi connectivity index (χ0v) is 20.3. The molecular weight excluding hydrogens is 463 g/mol. The third-order valence-corrected chi connectivity index (χ3v) is 7.68. The Balaban J connectivity index is 1.39. The molecule has 1 saturated carbocycles. The fourth-order valence-corrected chi connectivity index (χ4v) is 5.91. The Kier molecular flexibility index (Phi) is 6.30. The minimum absolute atomic E-state index is 0.0210. The van der Waals surface area contributed by atoms with Gasteiger partial charge in [-0.1, -0.05) is 54.0 Å². The second kappa shape index (κ2) is 9.18. The van der Waals surface area contributed by atoms with E-state index in [0.717, 1.165) is 47.6 Å². The molecule has 5 rings (SSSR count). The fraction of sp³-hybridized carbons (Fsp3) is 0.417. The van der Waals surface area contributed by atoms with Gasteiger partial charge >= 0.3 is 0 Å². The van der Waals surface area contributed by atoms with E-state index in [-0.39, 0.29) is 6.04 Å². The van der Waals surface area contributed by atoms with Gasteiger partial charge in [-0.25, -0.2) is 5.01 Å². The van der Waals surface area contributed by atoms with Gasteiger partial charge < -0.3 is 10.2 Å². The lowest BCUT2D eigenvalue weighted by Crippen LogP contribution is -2.43. The summed E-state index contributed by atoms with van der Waals surface area (Å²) in [5.74, 6) is 2.42. The van der Waals surface area contributed by atoms with Crippen LogP contribution in [0.1, 0.15) is 37.3 Å². The Labute approximate surface area is 204 Å². The molecule has 2 aromatic rings. The quantitative estimate of drug-likeness (QED) is 0.532. The van der Waals surface area contributed by atoms with Crippen molar-refractivity contribution in [3.63, 3.8) is 0 Å². The van der Waals surface area contributed by atoms with Crippen LogP contribution in [0, 0.1) is 11.8 Å². The van der Waals surface area contributed by atoms with Gasteiger partial charge in [0, 0.05) is 24.5 Å². The van der Waals surface area contributed by atoms with Gasteiger partial charge in [-0.2, -0.15) is 5.10 Å². The molecule has 2 fully saturated rings. The summed E-state index contributed by atoms with van der Waals surface area (Å²) < 4.78 is 5.33. The largest absolute Gasteiger partial charge is 0.497 e. The van der Waals surface area contributed by atoms with Crippen molar-refractivity contribution >= 4 is 51.8 Å². The molecule has 1 aliphatic carbocycles. The molecule has 3 unspecified atom stereocenters. The van der Waals surface area contributed by atoms with E-state index in [9.17, 15) is 0 Å². The summed E-state index contributed by atoms with van der Waals surface area (Å²) in [7, 11) is 1.67. The zero-order chi connectivity index (χ0) is 22.2. The molecule has 2 aromatic carbocycles. The van der Waals surface area contributed by atoms with Crippen molar-refractivity contribution in [3.05, 3.63) is 58.1 Å². The summed E-state index contributed by atoms with van der Waals surface area (Å²) >= 11 is 18.5. The Morgan fingerprint density at radius 3 is 2.47 bits per heavy atom. The maximum Gasteiger partial charge on any atom is 0.137 e. The highest BCUT2D eigenvalue weighted by Crippen LogP contribution is 2.40. The van der Waals surface area contributed by atoms with Crippen LogP contribution in [0.15, 0.2) is 47.6 Å². The van der Waals surface area contributed by atoms with Gasteiger partial charge in [0.15, 0.2) is 0 Å². The number of benzene rings is 2. The number of nitrogens with zero attached hydrogens (tertiary/aromatic N) is 3. The number of thiocarbonyl (C=S) groups is 1. The number of anilines is 1. The molecule has 5 nitrogen and oxygen atoms in total. The number of hydrogen-bond donors (Lipinski definition) is 1. The second-order valence-electron chi connectivity index (χ2n) is 8.78. The van der Waals surface area contributed by atoms with E-state index in [1.807, 2.05) is 29.3 Å². The summed E-state index contributed by atoms with van der Waals surface area (Å²) in [6, 6.07) is 13.5. The average molecular weight is 489 g/mol. The van der Waals surface area contributed by atoms with Crippen LogP contribution < -0.4 is 15.2 Å². The van der Waals surface area contributed by atoms with Crippen LogP contribution in [0.3, 0.4) is 0 Å². The molecular formula is C24H26Cl2N4OS. The normalized spacial score (nSPS) is 25.0. The lowest BCUT2D eigenvalue weighted by Gasteiger charge is -2.25. The molecule has 3 atom stereocenters. The van der Waals surface area contributed by atoms with E-state index in [2.05, 4.69) is 22.6 Å². The van der Waals surface area contributed by atoms with Gasteiger partial charge in [0.2, 0.25) is 0 Å². The maximum atomic E-state index is 6.56. The number of nitrogens with one attached hydrogen (secondary N) is 1. The van der Waals surface area contributed by atoms with Gasteiger partial charge in [0.1, 0.15) is 10.7 Å². The van der Waals surface area contributed by atoms with E-state index in [4.69, 9.17) is 45.3 Å². The predicted molar refractivity (Wildman–Crippen MR) is 135 cm³/mol. The average Bonchev–Trinajstić information content (AvgIpc) is 3.49. The fourth-order valence-electron chi connectivity index (χ4n) is 5.16. The second-order valence-corrected chi connectivity index (χ2v) is 10.0. The predicted octanol–water partition coefficient (Wildman–Crippen LogP) is 5.87. The first kappa shape index (κ1) is 22.0. The number of methoxy groups -OCH3 is 1. The van der Waals surface area contributed by atoms with Gasteiger partial charge in [0.25, 0.3) is 0 Å². The van der Waals surface area contributed by atoms with Crippen LogP contribution >= 0.6 is 35.4 Å². The molecule has 32 heavy (non-hydrogen) atoms. The number of halogens is 2. The molecule has 0 spiro atoms. The molecule has 2 aliphatic heterocycles. The van der Waals surface area contributed by atoms with E-state index in [1.54, 1.807) is 13.2 Å². The standard InChI is InChI=1S/C24H26Cl2N4OS/c1-31-19-8-5-15(6-9-19)23-12-21(27-30(23)22-10-7-18(25)11-20(22)26)24(32)28-29-13-16-3-2-4-17(16)14-29/h5-11,16-17,23H,2-4,12-14H2,1H3,(H,28,32). The van der Waals surface area contributed by atoms with Crippen molar-refractivity contribution in [2.75, 3.05) is 25.2 Å². The van der Waals surface area contributed by atoms with Crippen LogP contribution in [0.25, 0.3) is 0 Å². The third-order valence-electron chi connectivity index (χ3n) is 6.82. The lowest BCUT2D eigenvalue weighted by molar-refractivity contribution is 0.274. The molecule has 168 valence electrons. The van der Waals surface area contributed by atoms with E-state index in [1.165, 1.54) is 19.3 Å². The van der Waals surface area contributed by atoms with E-state index < -0.39 is 0 Å². The van der Waals surface area contributed by atoms with Crippen molar-refractivity contribution < 1.29 is 4.74 Å². The molecule has 8 heteroatoms. The highest BCUT2D eigenvalue weighted by atomic mass is 35.5. The lowest BCUT2D eigenvalue weighted by atomic mass is 10.0. The first-order chi connectivity index (χ1) is 15.5. The summed E-state index contributed by atoms with van der Waals surface area (Å²) in [5, 5.41) is 10.3. The molecule has 1 saturated heterocycles. The Bertz CT molecular complexity index is 1030. The first-order valence-electron chi connectivity index (χ1n) is 11.0. The van der Waals surface area contributed by atoms with Crippen molar-refractivity contribution in [3.8, 4) is 5.75 Å². The van der Waals surface area contributed by atoms with E-state index in [0.29, 0.717) is 21.5 Å². The number of hydrazine groups is 1. The highest BCUT2D eigenvalue weighted by Gasteiger charge is 2.38. The number of hydrazone groups is 1. The zero-order valence-electron chi connectivity index (χ0n) is 17.9. The Hall–Kier alpha value is -1.86. The molecule has 0 bridgehead atoms. The SMILES string of the molecule is COc1ccc(C2CC(C(=S)NN3CC4CCCC4C3)=NN2c2ccc(Cl)cc2Cl)cc1. The van der Waals surface area contributed by atoms with Crippen molar-refractivity contribution in [1.82, 2.24) is 10.4 Å². The number of ether oxygens (including phenoxy) is 1. The Morgan fingerprint density at radius 1 is 1.09 bits per heavy atom. The van der Waals surface area contributed by atoms with Crippen molar-refractivity contribution in [1.29, 1.82) is 0 Å². The molecule has 3 aliphatic rings. The van der Waals surface area contributed by atoms with Gasteiger partial charge in [-0.15, -0.1) is 0 Å². The summed E-state index contributed by atoms with van der Waals surface area (Å²) in [6.07, 6.45) is 4.72. The van der Waals surface area contributed by atoms with Crippen LogP contribution in [-0.2, 0) is 0 Å². The van der Waals surface area contributed by atoms with Gasteiger partial charge in [-0.05, 0) is 60.6 Å². The third kappa shape index (κ3) is 4.34. The number of rotatable bonds is 5.